The monoisotopic (exact) mass is 447 g/mol. The molecule has 1 aliphatic heterocycles. The highest BCUT2D eigenvalue weighted by atomic mass is 32.1. The molecular formula is C24H22N3O2PS. The average Bonchev–Trinajstić information content (AvgIpc) is 2.83. The Morgan fingerprint density at radius 2 is 1.26 bits per heavy atom. The summed E-state index contributed by atoms with van der Waals surface area (Å²) in [4.78, 5) is 0. The molecule has 0 aliphatic carbocycles. The molecule has 1 aliphatic rings. The normalized spacial score (nSPS) is 14.6. The maximum atomic E-state index is 13.7. The number of hydrogen-bond acceptors (Lipinski definition) is 3. The molecule has 31 heavy (non-hydrogen) atoms. The van der Waals surface area contributed by atoms with Gasteiger partial charge in [-0.15, -0.1) is 0 Å². The van der Waals surface area contributed by atoms with Crippen LogP contribution >= 0.6 is 19.5 Å². The Bertz CT molecular complexity index is 1090. The summed E-state index contributed by atoms with van der Waals surface area (Å²) in [6.45, 7) is 0.567. The molecule has 0 unspecified atom stereocenters. The van der Waals surface area contributed by atoms with Gasteiger partial charge in [0.2, 0.25) is 7.29 Å². The first-order valence-corrected chi connectivity index (χ1v) is 12.1. The van der Waals surface area contributed by atoms with Crippen molar-refractivity contribution in [1.29, 1.82) is 0 Å². The van der Waals surface area contributed by atoms with E-state index in [1.54, 1.807) is 11.6 Å². The zero-order valence-corrected chi connectivity index (χ0v) is 18.4. The van der Waals surface area contributed by atoms with Gasteiger partial charge in [-0.3, -0.25) is 9.99 Å². The van der Waals surface area contributed by atoms with Crippen molar-refractivity contribution in [2.24, 2.45) is 0 Å². The number of thiocarbonyl (C=S) groups is 1. The van der Waals surface area contributed by atoms with Gasteiger partial charge in [0.15, 0.2) is 5.11 Å². The molecule has 156 valence electrons. The SMILES string of the molecule is O=P1(NNC(=S)NCc2ccccc2)C=C(c2ccccc2)OC(c2ccccc2)=C1. The molecule has 0 spiro atoms. The lowest BCUT2D eigenvalue weighted by Gasteiger charge is -2.24. The summed E-state index contributed by atoms with van der Waals surface area (Å²) in [6.07, 6.45) is 0. The van der Waals surface area contributed by atoms with Gasteiger partial charge >= 0.3 is 0 Å². The summed E-state index contributed by atoms with van der Waals surface area (Å²) in [7, 11) is -3.14. The zero-order valence-electron chi connectivity index (χ0n) is 16.7. The van der Waals surface area contributed by atoms with Crippen molar-refractivity contribution in [3.05, 3.63) is 119 Å². The largest absolute Gasteiger partial charge is 0.456 e. The lowest BCUT2D eigenvalue weighted by Crippen LogP contribution is -2.41. The number of hydrogen-bond donors (Lipinski definition) is 3. The predicted molar refractivity (Wildman–Crippen MR) is 130 cm³/mol. The van der Waals surface area contributed by atoms with Gasteiger partial charge < -0.3 is 10.1 Å². The number of benzene rings is 3. The summed E-state index contributed by atoms with van der Waals surface area (Å²) in [5.41, 5.74) is 5.66. The highest BCUT2D eigenvalue weighted by molar-refractivity contribution is 7.80. The van der Waals surface area contributed by atoms with Crippen molar-refractivity contribution in [2.45, 2.75) is 6.54 Å². The minimum Gasteiger partial charge on any atom is -0.456 e. The third-order valence-corrected chi connectivity index (χ3v) is 6.54. The number of rotatable bonds is 6. The van der Waals surface area contributed by atoms with Crippen molar-refractivity contribution < 1.29 is 9.30 Å². The molecule has 3 aromatic carbocycles. The lowest BCUT2D eigenvalue weighted by atomic mass is 10.2. The fraction of sp³-hybridized carbons (Fsp3) is 0.0417. The second kappa shape index (κ2) is 9.75. The van der Waals surface area contributed by atoms with Crippen molar-refractivity contribution in [1.82, 2.24) is 15.9 Å². The first kappa shape index (κ1) is 21.1. The van der Waals surface area contributed by atoms with Gasteiger partial charge in [0.1, 0.15) is 11.5 Å². The molecule has 0 bridgehead atoms. The Labute approximate surface area is 187 Å². The minimum atomic E-state index is -3.14. The van der Waals surface area contributed by atoms with E-state index >= 15 is 0 Å². The summed E-state index contributed by atoms with van der Waals surface area (Å²) in [6, 6.07) is 29.1. The maximum Gasteiger partial charge on any atom is 0.215 e. The van der Waals surface area contributed by atoms with Crippen LogP contribution in [-0.2, 0) is 15.8 Å². The Morgan fingerprint density at radius 1 is 0.774 bits per heavy atom. The van der Waals surface area contributed by atoms with Gasteiger partial charge in [-0.25, -0.2) is 0 Å². The number of hydrazine groups is 1. The molecule has 7 heteroatoms. The van der Waals surface area contributed by atoms with Crippen molar-refractivity contribution >= 4 is 36.1 Å². The van der Waals surface area contributed by atoms with Crippen LogP contribution in [-0.4, -0.2) is 5.11 Å². The molecule has 4 rings (SSSR count). The van der Waals surface area contributed by atoms with Crippen LogP contribution in [0.15, 0.2) is 103 Å². The summed E-state index contributed by atoms with van der Waals surface area (Å²) >= 11 is 5.34. The van der Waals surface area contributed by atoms with Crippen LogP contribution in [0.4, 0.5) is 0 Å². The van der Waals surface area contributed by atoms with Crippen LogP contribution in [0.25, 0.3) is 11.5 Å². The van der Waals surface area contributed by atoms with E-state index in [0.29, 0.717) is 23.2 Å². The van der Waals surface area contributed by atoms with Crippen LogP contribution in [0.5, 0.6) is 0 Å². The minimum absolute atomic E-state index is 0.356. The maximum absolute atomic E-state index is 13.7. The molecule has 0 atom stereocenters. The Kier molecular flexibility index (Phi) is 6.63. The van der Waals surface area contributed by atoms with E-state index in [2.05, 4.69) is 15.9 Å². The van der Waals surface area contributed by atoms with E-state index in [1.807, 2.05) is 91.0 Å². The van der Waals surface area contributed by atoms with Crippen LogP contribution in [0.1, 0.15) is 16.7 Å². The van der Waals surface area contributed by atoms with Crippen LogP contribution in [0, 0.1) is 0 Å². The number of ether oxygens (including phenoxy) is 1. The van der Waals surface area contributed by atoms with Gasteiger partial charge in [-0.2, -0.15) is 5.20 Å². The second-order valence-electron chi connectivity index (χ2n) is 6.94. The molecule has 5 nitrogen and oxygen atoms in total. The smallest absolute Gasteiger partial charge is 0.215 e. The molecule has 0 saturated heterocycles. The highest BCUT2D eigenvalue weighted by Gasteiger charge is 2.27. The van der Waals surface area contributed by atoms with E-state index in [-0.39, 0.29) is 0 Å². The van der Waals surface area contributed by atoms with Crippen molar-refractivity contribution in [3.63, 3.8) is 0 Å². The highest BCUT2D eigenvalue weighted by Crippen LogP contribution is 2.52. The molecule has 1 heterocycles. The van der Waals surface area contributed by atoms with Crippen molar-refractivity contribution in [2.75, 3.05) is 0 Å². The van der Waals surface area contributed by atoms with E-state index < -0.39 is 7.29 Å². The topological polar surface area (TPSA) is 62.4 Å². The fourth-order valence-electron chi connectivity index (χ4n) is 3.05. The van der Waals surface area contributed by atoms with Gasteiger partial charge in [-0.05, 0) is 17.8 Å². The van der Waals surface area contributed by atoms with E-state index in [0.717, 1.165) is 16.7 Å². The van der Waals surface area contributed by atoms with Gasteiger partial charge in [0, 0.05) is 29.3 Å². The van der Waals surface area contributed by atoms with E-state index in [4.69, 9.17) is 17.0 Å². The molecular weight excluding hydrogens is 425 g/mol. The third-order valence-electron chi connectivity index (χ3n) is 4.59. The second-order valence-corrected chi connectivity index (χ2v) is 9.50. The van der Waals surface area contributed by atoms with Crippen LogP contribution in [0.2, 0.25) is 0 Å². The molecule has 0 radical (unpaired) electrons. The van der Waals surface area contributed by atoms with Gasteiger partial charge in [-0.1, -0.05) is 91.0 Å². The average molecular weight is 448 g/mol. The van der Waals surface area contributed by atoms with Gasteiger partial charge in [0.25, 0.3) is 0 Å². The van der Waals surface area contributed by atoms with E-state index in [1.165, 1.54) is 0 Å². The fourth-order valence-corrected chi connectivity index (χ4v) is 4.84. The Morgan fingerprint density at radius 3 is 1.77 bits per heavy atom. The quantitative estimate of drug-likeness (QED) is 0.265. The van der Waals surface area contributed by atoms with Crippen molar-refractivity contribution in [3.8, 4) is 0 Å². The molecule has 0 saturated carbocycles. The third kappa shape index (κ3) is 5.70. The first-order valence-electron chi connectivity index (χ1n) is 9.80. The summed E-state index contributed by atoms with van der Waals surface area (Å²) in [5.74, 6) is 4.29. The first-order chi connectivity index (χ1) is 15.1. The lowest BCUT2D eigenvalue weighted by molar-refractivity contribution is 0.468. The Balaban J connectivity index is 1.51. The summed E-state index contributed by atoms with van der Waals surface area (Å²) < 4.78 is 19.8. The molecule has 0 amide bonds. The van der Waals surface area contributed by atoms with Gasteiger partial charge in [0.05, 0.1) is 0 Å². The van der Waals surface area contributed by atoms with Crippen LogP contribution < -0.4 is 15.9 Å². The predicted octanol–water partition coefficient (Wildman–Crippen LogP) is 5.46. The molecule has 3 aromatic rings. The van der Waals surface area contributed by atoms with E-state index in [9.17, 15) is 4.57 Å². The molecule has 0 fully saturated rings. The molecule has 3 N–H and O–H groups in total. The molecule has 0 aromatic heterocycles. The van der Waals surface area contributed by atoms with Crippen LogP contribution in [0.3, 0.4) is 0 Å². The standard InChI is InChI=1S/C24H22N3O2PS/c28-30(27-26-24(31)25-16-19-10-4-1-5-11-19)17-22(20-12-6-2-7-13-20)29-23(18-30)21-14-8-3-9-15-21/h1-15,17-18H,16H2,(H,27,28)(H2,25,26,31). The Hall–Kier alpha value is -3.18. The number of nitrogens with one attached hydrogen (secondary N) is 3. The zero-order chi connectivity index (χ0) is 21.5. The summed E-state index contributed by atoms with van der Waals surface area (Å²) in [5, 5.41) is 6.36.